The quantitative estimate of drug-likeness (QED) is 0.0123. The van der Waals surface area contributed by atoms with Crippen molar-refractivity contribution in [2.45, 2.75) is 245 Å². The lowest BCUT2D eigenvalue weighted by molar-refractivity contribution is -0.156. The summed E-state index contributed by atoms with van der Waals surface area (Å²) < 4.78 is 30.6. The number of thiophene rings is 4. The molecule has 734 valence electrons. The molecule has 0 aliphatic carbocycles. The average molecular weight is 1980 g/mol. The molecule has 4 aromatic carbocycles. The maximum Gasteiger partial charge on any atom is 0.308 e. The molecule has 16 rings (SSSR count). The van der Waals surface area contributed by atoms with Gasteiger partial charge in [0.2, 0.25) is 0 Å². The van der Waals surface area contributed by atoms with Gasteiger partial charge < -0.3 is 47.1 Å². The molecule has 4 aliphatic rings. The lowest BCUT2D eigenvalue weighted by Crippen LogP contribution is -2.25. The van der Waals surface area contributed by atoms with Crippen molar-refractivity contribution in [1.29, 1.82) is 0 Å². The van der Waals surface area contributed by atoms with E-state index in [2.05, 4.69) is 161 Å². The van der Waals surface area contributed by atoms with Gasteiger partial charge in [0, 0.05) is 100 Å². The zero-order chi connectivity index (χ0) is 102. The fraction of sp³-hybridized carbons (Fsp3) is 0.387. The summed E-state index contributed by atoms with van der Waals surface area (Å²) in [5.74, 6) is 22.4. The van der Waals surface area contributed by atoms with Crippen LogP contribution in [0.4, 0.5) is 0 Å². The van der Waals surface area contributed by atoms with Gasteiger partial charge in [0.15, 0.2) is 29.3 Å². The molecule has 0 bridgehead atoms. The number of nitrogens with one attached hydrogen (secondary N) is 1. The first-order chi connectivity index (χ1) is 66.7. The molecule has 4 aliphatic heterocycles. The SMILES string of the molecule is Cc1sc2c(c1C)C(c1ccc(/C=C/CN)cc1)=N[C@@H](CC(=O)OC(C)(C)C)c1nnc(C)n1-2.Cc1sc2c(c1C)C(c1ccc(C#CCCN)cc1)=N[C@@H](CC(=O)OC(C)(C)C)c1nnc(C)n1-2.Cc1sc2c(c1C)C(c1ccc(C#CCN=C(N)N)cc1)=N[C@@H](CC(=O)OC(C)(C)C)c1nnc(C)n1-2.Cc1sc2c(c1C)C(c1ccc(C#CCNO)cc1)=N[C@@H](CC(=O)OC(C)(C)C)c1nnc(C)n1-2. The van der Waals surface area contributed by atoms with E-state index in [0.717, 1.165) is 150 Å². The van der Waals surface area contributed by atoms with Crippen LogP contribution in [0.3, 0.4) is 0 Å². The third-order valence-electron chi connectivity index (χ3n) is 22.7. The van der Waals surface area contributed by atoms with E-state index in [1.54, 1.807) is 45.3 Å². The Morgan fingerprint density at radius 1 is 0.397 bits per heavy atom. The van der Waals surface area contributed by atoms with Gasteiger partial charge in [0.05, 0.1) is 55.1 Å². The van der Waals surface area contributed by atoms with Crippen molar-refractivity contribution in [2.75, 3.05) is 26.2 Å². The summed E-state index contributed by atoms with van der Waals surface area (Å²) in [7, 11) is 0. The number of hydrogen-bond acceptors (Lipinski definition) is 29. The molecule has 10 N–H and O–H groups in total. The predicted molar refractivity (Wildman–Crippen MR) is 558 cm³/mol. The zero-order valence-electron chi connectivity index (χ0n) is 84.3. The largest absolute Gasteiger partial charge is 0.460 e. The van der Waals surface area contributed by atoms with Gasteiger partial charge >= 0.3 is 23.9 Å². The summed E-state index contributed by atoms with van der Waals surface area (Å²) >= 11 is 6.73. The number of esters is 4. The number of fused-ring (bicyclic) bond motifs is 12. The molecule has 0 unspecified atom stereocenters. The van der Waals surface area contributed by atoms with Gasteiger partial charge in [-0.05, 0) is 230 Å². The lowest BCUT2D eigenvalue weighted by Gasteiger charge is -2.21. The normalized spacial score (nSPS) is 14.9. The van der Waals surface area contributed by atoms with Crippen molar-refractivity contribution in [1.82, 2.24) is 64.5 Å². The maximum absolute atomic E-state index is 12.9. The summed E-state index contributed by atoms with van der Waals surface area (Å²) in [4.78, 5) is 80.5. The number of aromatic nitrogens is 12. The molecule has 4 atom stereocenters. The summed E-state index contributed by atoms with van der Waals surface area (Å²) in [5, 5.41) is 47.8. The Kier molecular flexibility index (Phi) is 32.7. The average Bonchev–Trinajstić information content (AvgIpc) is 1.60. The molecule has 8 aromatic heterocycles. The number of nitrogens with zero attached hydrogens (tertiary/aromatic N) is 17. The number of ether oxygens (including phenoxy) is 4. The summed E-state index contributed by atoms with van der Waals surface area (Å²) in [6, 6.07) is 29.8. The Morgan fingerprint density at radius 2 is 0.660 bits per heavy atom. The number of benzene rings is 4. The molecule has 0 radical (unpaired) electrons. The number of aryl methyl sites for hydroxylation is 8. The Morgan fingerprint density at radius 3 is 0.908 bits per heavy atom. The fourth-order valence-electron chi connectivity index (χ4n) is 16.0. The van der Waals surface area contributed by atoms with Gasteiger partial charge in [-0.25, -0.2) is 4.99 Å². The van der Waals surface area contributed by atoms with Crippen LogP contribution < -0.4 is 28.4 Å². The van der Waals surface area contributed by atoms with Gasteiger partial charge in [-0.2, -0.15) is 5.48 Å². The van der Waals surface area contributed by atoms with E-state index in [1.165, 1.54) is 25.1 Å². The van der Waals surface area contributed by atoms with Crippen molar-refractivity contribution in [3.05, 3.63) is 258 Å². The molecule has 35 heteroatoms. The minimum Gasteiger partial charge on any atom is -0.460 e. The number of hydrogen-bond donors (Lipinski definition) is 6. The summed E-state index contributed by atoms with van der Waals surface area (Å²) in [6.45, 7) is 48.3. The van der Waals surface area contributed by atoms with Gasteiger partial charge in [-0.15, -0.1) is 86.1 Å². The lowest BCUT2D eigenvalue weighted by atomic mass is 9.98. The fourth-order valence-corrected chi connectivity index (χ4v) is 20.9. The third-order valence-corrected chi connectivity index (χ3v) is 27.4. The standard InChI is InChI=1S/C27H31N7O2S.C27H31N5O2S.C26H29N5O3S.C26H31N5O2S/c1-15-16(2)37-25-22(15)23(19-11-9-18(10-12-19)8-7-13-30-26(28)29)31-20(14-21(35)36-27(4,5)6)24-33-32-17(3)34(24)25;1-16-17(2)35-26-23(16)24(20-12-10-19(11-13-20)9-7-8-14-28)29-21(15-22(33)34-27(4,5)6)25-31-30-18(3)32(25)26;1-15-16(2)35-25-22(15)23(19-11-9-18(10-12-19)8-7-13-27-33)28-20(14-21(32)34-26(4,5)6)24-30-29-17(3)31(24)25;1-15-16(2)34-25-22(15)23(19-11-9-18(10-12-19)8-7-13-27)28-20(14-21(32)33-26(4,5)6)24-30-29-17(3)31(24)25/h9-12,20H,13-14H2,1-6H3,(H4,28,29,30);10-13,21H,8,14-15,28H2,1-6H3;9-12,20,27,33H,13-14H2,1-6H3;7-12,20H,13-14,27H2,1-6H3/b;;;8-7+/t20-;21-;2*20-/m0000/s1. The van der Waals surface area contributed by atoms with Gasteiger partial charge in [0.1, 0.15) is 96.4 Å². The smallest absolute Gasteiger partial charge is 0.308 e. The topological polar surface area (TPSA) is 426 Å². The monoisotopic (exact) mass is 1970 g/mol. The van der Waals surface area contributed by atoms with Crippen LogP contribution in [0.15, 0.2) is 128 Å². The number of hydroxylamine groups is 1. The summed E-state index contributed by atoms with van der Waals surface area (Å²) in [6.07, 6.45) is 4.87. The molecule has 12 heterocycles. The first-order valence-electron chi connectivity index (χ1n) is 46.4. The van der Waals surface area contributed by atoms with E-state index < -0.39 is 46.6 Å². The maximum atomic E-state index is 12.9. The predicted octanol–water partition coefficient (Wildman–Crippen LogP) is 17.1. The van der Waals surface area contributed by atoms with Crippen molar-refractivity contribution < 1.29 is 43.3 Å². The van der Waals surface area contributed by atoms with Crippen molar-refractivity contribution in [3.63, 3.8) is 0 Å². The highest BCUT2D eigenvalue weighted by atomic mass is 32.1. The highest BCUT2D eigenvalue weighted by Crippen LogP contribution is 2.46. The summed E-state index contributed by atoms with van der Waals surface area (Å²) in [5.41, 5.74) is 41.0. The van der Waals surface area contributed by atoms with Gasteiger partial charge in [0.25, 0.3) is 0 Å². The number of rotatable bonds is 17. The molecule has 12 aromatic rings. The number of aliphatic imine (C=N–C) groups is 5. The van der Waals surface area contributed by atoms with Crippen LogP contribution in [0.1, 0.15) is 294 Å². The molecule has 31 nitrogen and oxygen atoms in total. The molecule has 0 spiro atoms. The van der Waals surface area contributed by atoms with E-state index in [1.807, 2.05) is 219 Å². The van der Waals surface area contributed by atoms with E-state index in [-0.39, 0.29) is 68.6 Å². The van der Waals surface area contributed by atoms with Crippen molar-refractivity contribution in [3.8, 4) is 55.5 Å². The first kappa shape index (κ1) is 105. The third kappa shape index (κ3) is 25.0. The Balaban J connectivity index is 0.000000158. The van der Waals surface area contributed by atoms with E-state index in [9.17, 15) is 19.2 Å². The second-order valence-corrected chi connectivity index (χ2v) is 43.1. The molecule has 0 fully saturated rings. The zero-order valence-corrected chi connectivity index (χ0v) is 87.6. The van der Waals surface area contributed by atoms with Crippen molar-refractivity contribution in [2.24, 2.45) is 47.9 Å². The molecular formula is C106H122N22O9S4. The molecule has 0 saturated heterocycles. The van der Waals surface area contributed by atoms with Crippen LogP contribution in [-0.4, -0.2) is 166 Å². The Hall–Kier alpha value is -13.7. The minimum absolute atomic E-state index is 0.0135. The van der Waals surface area contributed by atoms with E-state index in [0.29, 0.717) is 42.8 Å². The number of nitrogens with two attached hydrogens (primary N) is 4. The Bertz CT molecular complexity index is 6910. The van der Waals surface area contributed by atoms with Crippen LogP contribution in [-0.2, 0) is 38.1 Å². The second-order valence-electron chi connectivity index (χ2n) is 38.3. The minimum atomic E-state index is -0.595. The second kappa shape index (κ2) is 44.0. The van der Waals surface area contributed by atoms with Crippen LogP contribution in [0.25, 0.3) is 26.1 Å². The molecule has 0 amide bonds. The first-order valence-corrected chi connectivity index (χ1v) is 49.6. The van der Waals surface area contributed by atoms with Gasteiger partial charge in [-0.1, -0.05) is 108 Å². The van der Waals surface area contributed by atoms with Crippen LogP contribution in [0.5, 0.6) is 0 Å². The highest BCUT2D eigenvalue weighted by Gasteiger charge is 2.40. The van der Waals surface area contributed by atoms with E-state index >= 15 is 0 Å². The van der Waals surface area contributed by atoms with Crippen molar-refractivity contribution >= 4 is 104 Å². The molecular weight excluding hydrogens is 1850 g/mol. The molecule has 141 heavy (non-hydrogen) atoms. The number of carbonyl (C=O) groups excluding carboxylic acids is 4. The molecule has 0 saturated carbocycles. The Labute approximate surface area is 839 Å². The number of carbonyl (C=O) groups is 4. The van der Waals surface area contributed by atoms with Crippen LogP contribution >= 0.6 is 45.3 Å². The van der Waals surface area contributed by atoms with Crippen LogP contribution in [0, 0.1) is 119 Å². The van der Waals surface area contributed by atoms with Crippen LogP contribution in [0.2, 0.25) is 0 Å². The number of guanidine groups is 1. The van der Waals surface area contributed by atoms with E-state index in [4.69, 9.17) is 67.1 Å². The highest BCUT2D eigenvalue weighted by molar-refractivity contribution is 7.16. The van der Waals surface area contributed by atoms with Gasteiger partial charge in [-0.3, -0.25) is 57.4 Å².